The first kappa shape index (κ1) is 12.8. The van der Waals surface area contributed by atoms with Crippen molar-refractivity contribution in [3.8, 4) is 11.5 Å². The lowest BCUT2D eigenvalue weighted by molar-refractivity contribution is -0.149. The van der Waals surface area contributed by atoms with Crippen molar-refractivity contribution < 1.29 is 9.90 Å². The average molecular weight is 276 g/mol. The highest BCUT2D eigenvalue weighted by atomic mass is 16.4. The molecule has 20 heavy (non-hydrogen) atoms. The number of aryl methyl sites for hydroxylation is 1. The first-order valence-corrected chi connectivity index (χ1v) is 6.59. The molecule has 0 aromatic carbocycles. The molecule has 0 unspecified atom stereocenters. The Hall–Kier alpha value is -2.25. The molecule has 2 heterocycles. The van der Waals surface area contributed by atoms with Crippen LogP contribution >= 0.6 is 0 Å². The number of aliphatic carboxylic acids is 1. The Kier molecular flexibility index (Phi) is 3.00. The maximum atomic E-state index is 11.6. The summed E-state index contributed by atoms with van der Waals surface area (Å²) in [6, 6.07) is 0. The molecule has 8 nitrogen and oxygen atoms in total. The van der Waals surface area contributed by atoms with Gasteiger partial charge in [0.25, 0.3) is 0 Å². The number of tetrazole rings is 1. The van der Waals surface area contributed by atoms with Crippen LogP contribution in [0, 0.1) is 5.41 Å². The molecule has 0 bridgehead atoms. The molecule has 1 fully saturated rings. The van der Waals surface area contributed by atoms with Crippen LogP contribution in [0.2, 0.25) is 0 Å². The standard InChI is InChI=1S/C12H16N6O2/c1-17-6-9(13-8-17)10-14-15-16-18(10)7-12(11(19)20)4-2-3-5-12/h6,8H,2-5,7H2,1H3,(H,19,20). The monoisotopic (exact) mass is 276 g/mol. The van der Waals surface area contributed by atoms with Crippen molar-refractivity contribution in [2.45, 2.75) is 32.2 Å². The molecule has 0 amide bonds. The van der Waals surface area contributed by atoms with Crippen molar-refractivity contribution in [1.82, 2.24) is 29.8 Å². The fourth-order valence-corrected chi connectivity index (χ4v) is 2.80. The Morgan fingerprint density at radius 3 is 2.80 bits per heavy atom. The molecule has 2 aromatic heterocycles. The quantitative estimate of drug-likeness (QED) is 0.883. The van der Waals surface area contributed by atoms with Crippen molar-refractivity contribution in [1.29, 1.82) is 0 Å². The minimum atomic E-state index is -0.766. The zero-order chi connectivity index (χ0) is 14.2. The van der Waals surface area contributed by atoms with Crippen molar-refractivity contribution in [3.05, 3.63) is 12.5 Å². The topological polar surface area (TPSA) is 98.7 Å². The number of hydrogen-bond acceptors (Lipinski definition) is 5. The van der Waals surface area contributed by atoms with E-state index in [9.17, 15) is 9.90 Å². The van der Waals surface area contributed by atoms with Gasteiger partial charge in [-0.15, -0.1) is 5.10 Å². The molecule has 0 aliphatic heterocycles. The Bertz CT molecular complexity index is 625. The summed E-state index contributed by atoms with van der Waals surface area (Å²) in [6.07, 6.45) is 6.69. The van der Waals surface area contributed by atoms with Gasteiger partial charge in [-0.3, -0.25) is 4.79 Å². The van der Waals surface area contributed by atoms with Crippen LogP contribution in [-0.4, -0.2) is 40.8 Å². The lowest BCUT2D eigenvalue weighted by Gasteiger charge is -2.23. The van der Waals surface area contributed by atoms with Crippen LogP contribution in [-0.2, 0) is 18.4 Å². The van der Waals surface area contributed by atoms with Gasteiger partial charge in [0.15, 0.2) is 0 Å². The zero-order valence-electron chi connectivity index (χ0n) is 11.2. The summed E-state index contributed by atoms with van der Waals surface area (Å²) in [6.45, 7) is 0.293. The van der Waals surface area contributed by atoms with Gasteiger partial charge in [-0.1, -0.05) is 12.8 Å². The van der Waals surface area contributed by atoms with Crippen LogP contribution in [0.15, 0.2) is 12.5 Å². The second kappa shape index (κ2) is 4.69. The van der Waals surface area contributed by atoms with E-state index in [1.807, 2.05) is 13.2 Å². The molecule has 0 spiro atoms. The number of hydrogen-bond donors (Lipinski definition) is 1. The van der Waals surface area contributed by atoms with E-state index in [4.69, 9.17) is 0 Å². The molecule has 0 radical (unpaired) electrons. The van der Waals surface area contributed by atoms with Crippen LogP contribution in [0.1, 0.15) is 25.7 Å². The van der Waals surface area contributed by atoms with Gasteiger partial charge in [0, 0.05) is 13.2 Å². The normalized spacial score (nSPS) is 17.4. The van der Waals surface area contributed by atoms with Crippen LogP contribution in [0.4, 0.5) is 0 Å². The number of rotatable bonds is 4. The minimum Gasteiger partial charge on any atom is -0.481 e. The van der Waals surface area contributed by atoms with Crippen molar-refractivity contribution in [2.24, 2.45) is 12.5 Å². The van der Waals surface area contributed by atoms with Gasteiger partial charge in [-0.25, -0.2) is 9.67 Å². The lowest BCUT2D eigenvalue weighted by atomic mass is 9.86. The largest absolute Gasteiger partial charge is 0.481 e. The zero-order valence-corrected chi connectivity index (χ0v) is 11.2. The Labute approximate surface area is 115 Å². The summed E-state index contributed by atoms with van der Waals surface area (Å²) in [5.41, 5.74) is -0.102. The number of aromatic nitrogens is 6. The third-order valence-electron chi connectivity index (χ3n) is 3.93. The maximum Gasteiger partial charge on any atom is 0.311 e. The summed E-state index contributed by atoms with van der Waals surface area (Å²) < 4.78 is 3.36. The van der Waals surface area contributed by atoms with E-state index in [-0.39, 0.29) is 0 Å². The van der Waals surface area contributed by atoms with E-state index in [1.54, 1.807) is 15.6 Å². The molecule has 0 atom stereocenters. The second-order valence-corrected chi connectivity index (χ2v) is 5.38. The number of carboxylic acids is 1. The van der Waals surface area contributed by atoms with Gasteiger partial charge in [-0.2, -0.15) is 0 Å². The fourth-order valence-electron chi connectivity index (χ4n) is 2.80. The Balaban J connectivity index is 1.92. The number of carboxylic acid groups (broad SMARTS) is 1. The number of carbonyl (C=O) groups is 1. The molecule has 3 rings (SSSR count). The third-order valence-corrected chi connectivity index (χ3v) is 3.93. The molecule has 1 N–H and O–H groups in total. The molecular formula is C12H16N6O2. The first-order chi connectivity index (χ1) is 9.61. The first-order valence-electron chi connectivity index (χ1n) is 6.59. The average Bonchev–Trinajstić information content (AvgIpc) is 3.10. The Morgan fingerprint density at radius 1 is 1.45 bits per heavy atom. The highest BCUT2D eigenvalue weighted by molar-refractivity contribution is 5.75. The van der Waals surface area contributed by atoms with E-state index in [0.717, 1.165) is 12.8 Å². The summed E-state index contributed by atoms with van der Waals surface area (Å²) in [4.78, 5) is 15.8. The highest BCUT2D eigenvalue weighted by Gasteiger charge is 2.42. The smallest absolute Gasteiger partial charge is 0.311 e. The lowest BCUT2D eigenvalue weighted by Crippen LogP contribution is -2.33. The van der Waals surface area contributed by atoms with Gasteiger partial charge < -0.3 is 9.67 Å². The molecule has 2 aromatic rings. The van der Waals surface area contributed by atoms with E-state index in [1.165, 1.54) is 0 Å². The van der Waals surface area contributed by atoms with Gasteiger partial charge in [0.1, 0.15) is 5.69 Å². The molecular weight excluding hydrogens is 260 g/mol. The van der Waals surface area contributed by atoms with Crippen LogP contribution in [0.5, 0.6) is 0 Å². The summed E-state index contributed by atoms with van der Waals surface area (Å²) in [5.74, 6) is -0.254. The van der Waals surface area contributed by atoms with Gasteiger partial charge in [0.05, 0.1) is 18.3 Å². The number of imidazole rings is 1. The van der Waals surface area contributed by atoms with Gasteiger partial charge in [0.2, 0.25) is 5.82 Å². The van der Waals surface area contributed by atoms with Crippen molar-refractivity contribution >= 4 is 5.97 Å². The van der Waals surface area contributed by atoms with Gasteiger partial charge >= 0.3 is 5.97 Å². The predicted molar refractivity (Wildman–Crippen MR) is 68.6 cm³/mol. The van der Waals surface area contributed by atoms with E-state index in [0.29, 0.717) is 30.9 Å². The molecule has 1 aliphatic rings. The predicted octanol–water partition coefficient (Wildman–Crippen LogP) is 0.719. The molecule has 106 valence electrons. The van der Waals surface area contributed by atoms with Crippen LogP contribution in [0.3, 0.4) is 0 Å². The van der Waals surface area contributed by atoms with Gasteiger partial charge in [-0.05, 0) is 23.3 Å². The summed E-state index contributed by atoms with van der Waals surface area (Å²) in [7, 11) is 1.86. The fraction of sp³-hybridized carbons (Fsp3) is 0.583. The SMILES string of the molecule is Cn1cnc(-c2nnnn2CC2(C(=O)O)CCCC2)c1. The number of nitrogens with zero attached hydrogens (tertiary/aromatic N) is 6. The van der Waals surface area contributed by atoms with Crippen molar-refractivity contribution in [2.75, 3.05) is 0 Å². The van der Waals surface area contributed by atoms with E-state index >= 15 is 0 Å². The van der Waals surface area contributed by atoms with Crippen LogP contribution < -0.4 is 0 Å². The van der Waals surface area contributed by atoms with E-state index < -0.39 is 11.4 Å². The van der Waals surface area contributed by atoms with Crippen LogP contribution in [0.25, 0.3) is 11.5 Å². The third kappa shape index (κ3) is 2.06. The summed E-state index contributed by atoms with van der Waals surface area (Å²) >= 11 is 0. The minimum absolute atomic E-state index is 0.293. The highest BCUT2D eigenvalue weighted by Crippen LogP contribution is 2.40. The second-order valence-electron chi connectivity index (χ2n) is 5.38. The molecule has 1 aliphatic carbocycles. The van der Waals surface area contributed by atoms with E-state index in [2.05, 4.69) is 20.5 Å². The maximum absolute atomic E-state index is 11.6. The molecule has 1 saturated carbocycles. The summed E-state index contributed by atoms with van der Waals surface area (Å²) in [5, 5.41) is 21.1. The molecule has 8 heteroatoms. The molecule has 0 saturated heterocycles. The Morgan fingerprint density at radius 2 is 2.20 bits per heavy atom. The van der Waals surface area contributed by atoms with Crippen molar-refractivity contribution in [3.63, 3.8) is 0 Å².